The van der Waals surface area contributed by atoms with Gasteiger partial charge in [-0.25, -0.2) is 4.98 Å². The van der Waals surface area contributed by atoms with Gasteiger partial charge >= 0.3 is 0 Å². The van der Waals surface area contributed by atoms with Gasteiger partial charge in [0.25, 0.3) is 5.56 Å². The molecule has 0 radical (unpaired) electrons. The van der Waals surface area contributed by atoms with Crippen LogP contribution < -0.4 is 10.9 Å². The van der Waals surface area contributed by atoms with Crippen molar-refractivity contribution < 1.29 is 4.79 Å². The van der Waals surface area contributed by atoms with Crippen LogP contribution in [0.15, 0.2) is 53.5 Å². The zero-order valence-corrected chi connectivity index (χ0v) is 14.7. The van der Waals surface area contributed by atoms with Crippen LogP contribution in [0, 0.1) is 13.8 Å². The summed E-state index contributed by atoms with van der Waals surface area (Å²) in [5, 5.41) is 2.86. The Bertz CT molecular complexity index is 981. The second-order valence-electron chi connectivity index (χ2n) is 6.07. The monoisotopic (exact) mass is 348 g/mol. The summed E-state index contributed by atoms with van der Waals surface area (Å²) in [5.74, 6) is 0.186. The second-order valence-corrected chi connectivity index (χ2v) is 6.07. The normalized spacial score (nSPS) is 10.5. The number of benzene rings is 1. The fourth-order valence-corrected chi connectivity index (χ4v) is 2.67. The van der Waals surface area contributed by atoms with Gasteiger partial charge in [-0.3, -0.25) is 14.6 Å². The molecule has 3 aromatic rings. The minimum Gasteiger partial charge on any atom is -0.352 e. The average Bonchev–Trinajstić information content (AvgIpc) is 2.64. The summed E-state index contributed by atoms with van der Waals surface area (Å²) in [6.45, 7) is 4.16. The van der Waals surface area contributed by atoms with Crippen LogP contribution in [0.1, 0.15) is 22.4 Å². The third-order valence-corrected chi connectivity index (χ3v) is 4.20. The number of amides is 1. The Morgan fingerprint density at radius 2 is 1.88 bits per heavy atom. The van der Waals surface area contributed by atoms with E-state index in [1.165, 1.54) is 0 Å². The highest BCUT2D eigenvalue weighted by Crippen LogP contribution is 2.11. The number of aryl methyl sites for hydroxylation is 2. The van der Waals surface area contributed by atoms with Crippen LogP contribution in [0.4, 0.5) is 0 Å². The Kier molecular flexibility index (Phi) is 5.22. The molecular weight excluding hydrogens is 328 g/mol. The molecule has 6 nitrogen and oxygen atoms in total. The van der Waals surface area contributed by atoms with E-state index in [0.29, 0.717) is 29.3 Å². The van der Waals surface area contributed by atoms with Crippen LogP contribution in [0.2, 0.25) is 0 Å². The third kappa shape index (κ3) is 4.03. The van der Waals surface area contributed by atoms with Crippen molar-refractivity contribution in [1.82, 2.24) is 20.3 Å². The van der Waals surface area contributed by atoms with Gasteiger partial charge in [-0.15, -0.1) is 0 Å². The van der Waals surface area contributed by atoms with Gasteiger partial charge in [0.1, 0.15) is 5.69 Å². The standard InChI is InChI=1S/C20H20N4O2/c1-13-7-3-4-8-15(13)12-22-18(25)11-16-14(2)23-19(24-20(16)26)17-9-5-6-10-21-17/h3-10H,11-12H2,1-2H3,(H,22,25)(H,23,24,26). The van der Waals surface area contributed by atoms with E-state index in [2.05, 4.69) is 20.3 Å². The molecule has 0 bridgehead atoms. The maximum atomic E-state index is 12.4. The first kappa shape index (κ1) is 17.5. The number of hydrogen-bond acceptors (Lipinski definition) is 4. The summed E-state index contributed by atoms with van der Waals surface area (Å²) in [6, 6.07) is 13.2. The Labute approximate surface area is 151 Å². The molecule has 1 amide bonds. The summed E-state index contributed by atoms with van der Waals surface area (Å²) in [5.41, 5.74) is 3.33. The van der Waals surface area contributed by atoms with Gasteiger partial charge < -0.3 is 10.3 Å². The van der Waals surface area contributed by atoms with E-state index in [-0.39, 0.29) is 17.9 Å². The molecule has 0 aliphatic carbocycles. The Hall–Kier alpha value is -3.28. The first-order valence-corrected chi connectivity index (χ1v) is 8.37. The molecule has 132 valence electrons. The lowest BCUT2D eigenvalue weighted by Crippen LogP contribution is -2.29. The van der Waals surface area contributed by atoms with E-state index in [0.717, 1.165) is 11.1 Å². The third-order valence-electron chi connectivity index (χ3n) is 4.20. The lowest BCUT2D eigenvalue weighted by atomic mass is 10.1. The van der Waals surface area contributed by atoms with Crippen molar-refractivity contribution >= 4 is 5.91 Å². The van der Waals surface area contributed by atoms with E-state index in [9.17, 15) is 9.59 Å². The summed E-state index contributed by atoms with van der Waals surface area (Å²) in [7, 11) is 0. The fraction of sp³-hybridized carbons (Fsp3) is 0.200. The first-order valence-electron chi connectivity index (χ1n) is 8.37. The number of carbonyl (C=O) groups excluding carboxylic acids is 1. The van der Waals surface area contributed by atoms with Crippen LogP contribution >= 0.6 is 0 Å². The zero-order chi connectivity index (χ0) is 18.5. The molecule has 0 atom stereocenters. The molecule has 26 heavy (non-hydrogen) atoms. The van der Waals surface area contributed by atoms with Crippen molar-refractivity contribution in [3.8, 4) is 11.5 Å². The van der Waals surface area contributed by atoms with Crippen molar-refractivity contribution in [1.29, 1.82) is 0 Å². The molecule has 0 unspecified atom stereocenters. The fourth-order valence-electron chi connectivity index (χ4n) is 2.67. The molecule has 0 spiro atoms. The predicted octanol–water partition coefficient (Wildman–Crippen LogP) is 2.31. The number of aromatic nitrogens is 3. The van der Waals surface area contributed by atoms with Crippen LogP contribution in [0.5, 0.6) is 0 Å². The maximum Gasteiger partial charge on any atom is 0.255 e. The van der Waals surface area contributed by atoms with Crippen molar-refractivity contribution in [3.05, 3.63) is 81.4 Å². The Morgan fingerprint density at radius 3 is 2.58 bits per heavy atom. The lowest BCUT2D eigenvalue weighted by Gasteiger charge is -2.09. The molecule has 2 aromatic heterocycles. The SMILES string of the molecule is Cc1ccccc1CNC(=O)Cc1c(C)nc(-c2ccccn2)[nH]c1=O. The molecule has 0 aliphatic heterocycles. The Morgan fingerprint density at radius 1 is 1.12 bits per heavy atom. The highest BCUT2D eigenvalue weighted by molar-refractivity contribution is 5.78. The largest absolute Gasteiger partial charge is 0.352 e. The van der Waals surface area contributed by atoms with Crippen molar-refractivity contribution in [2.24, 2.45) is 0 Å². The first-order chi connectivity index (χ1) is 12.5. The molecule has 0 fully saturated rings. The van der Waals surface area contributed by atoms with Gasteiger partial charge in [-0.1, -0.05) is 30.3 Å². The minimum absolute atomic E-state index is 0.0114. The van der Waals surface area contributed by atoms with E-state index < -0.39 is 0 Å². The molecule has 1 aromatic carbocycles. The van der Waals surface area contributed by atoms with Crippen LogP contribution in [-0.2, 0) is 17.8 Å². The molecule has 3 rings (SSSR count). The number of nitrogens with zero attached hydrogens (tertiary/aromatic N) is 2. The van der Waals surface area contributed by atoms with Crippen LogP contribution in [0.25, 0.3) is 11.5 Å². The van der Waals surface area contributed by atoms with Gasteiger partial charge in [0.15, 0.2) is 5.82 Å². The van der Waals surface area contributed by atoms with Gasteiger partial charge in [-0.05, 0) is 37.1 Å². The predicted molar refractivity (Wildman–Crippen MR) is 99.6 cm³/mol. The molecule has 0 saturated heterocycles. The number of nitrogens with one attached hydrogen (secondary N) is 2. The van der Waals surface area contributed by atoms with Crippen LogP contribution in [0.3, 0.4) is 0 Å². The summed E-state index contributed by atoms with van der Waals surface area (Å²) in [4.78, 5) is 35.9. The number of aromatic amines is 1. The van der Waals surface area contributed by atoms with E-state index >= 15 is 0 Å². The van der Waals surface area contributed by atoms with Crippen molar-refractivity contribution in [2.45, 2.75) is 26.8 Å². The number of rotatable bonds is 5. The topological polar surface area (TPSA) is 87.7 Å². The van der Waals surface area contributed by atoms with Gasteiger partial charge in [0.05, 0.1) is 6.42 Å². The molecule has 2 heterocycles. The number of H-pyrrole nitrogens is 1. The molecule has 0 aliphatic rings. The Balaban J connectivity index is 1.73. The van der Waals surface area contributed by atoms with E-state index in [1.807, 2.05) is 37.3 Å². The van der Waals surface area contributed by atoms with E-state index in [1.54, 1.807) is 25.3 Å². The number of hydrogen-bond donors (Lipinski definition) is 2. The average molecular weight is 348 g/mol. The second kappa shape index (κ2) is 7.74. The highest BCUT2D eigenvalue weighted by atomic mass is 16.2. The van der Waals surface area contributed by atoms with Gasteiger partial charge in [0.2, 0.25) is 5.91 Å². The molecule has 6 heteroatoms. The summed E-state index contributed by atoms with van der Waals surface area (Å²) < 4.78 is 0. The molecular formula is C20H20N4O2. The highest BCUT2D eigenvalue weighted by Gasteiger charge is 2.14. The quantitative estimate of drug-likeness (QED) is 0.741. The van der Waals surface area contributed by atoms with Gasteiger partial charge in [0, 0.05) is 24.0 Å². The molecule has 0 saturated carbocycles. The zero-order valence-electron chi connectivity index (χ0n) is 14.7. The summed E-state index contributed by atoms with van der Waals surface area (Å²) >= 11 is 0. The number of carbonyl (C=O) groups is 1. The maximum absolute atomic E-state index is 12.4. The smallest absolute Gasteiger partial charge is 0.255 e. The van der Waals surface area contributed by atoms with Gasteiger partial charge in [-0.2, -0.15) is 0 Å². The lowest BCUT2D eigenvalue weighted by molar-refractivity contribution is -0.120. The van der Waals surface area contributed by atoms with E-state index in [4.69, 9.17) is 0 Å². The van der Waals surface area contributed by atoms with Crippen molar-refractivity contribution in [3.63, 3.8) is 0 Å². The van der Waals surface area contributed by atoms with Crippen LogP contribution in [-0.4, -0.2) is 20.9 Å². The number of pyridine rings is 1. The summed E-state index contributed by atoms with van der Waals surface area (Å²) in [6.07, 6.45) is 1.63. The minimum atomic E-state index is -0.316. The molecule has 2 N–H and O–H groups in total. The van der Waals surface area contributed by atoms with Crippen molar-refractivity contribution in [2.75, 3.05) is 0 Å².